The van der Waals surface area contributed by atoms with E-state index in [9.17, 15) is 4.79 Å². The Morgan fingerprint density at radius 2 is 2.47 bits per heavy atom. The minimum atomic E-state index is -0.188. The Morgan fingerprint density at radius 3 is 2.93 bits per heavy atom. The first-order valence-corrected chi connectivity index (χ1v) is 6.03. The topological polar surface area (TPSA) is 55.1 Å². The van der Waals surface area contributed by atoms with E-state index in [1.807, 2.05) is 24.4 Å². The minimum absolute atomic E-state index is 0.0305. The van der Waals surface area contributed by atoms with Crippen molar-refractivity contribution in [3.05, 3.63) is 22.4 Å². The Morgan fingerprint density at radius 1 is 1.73 bits per heavy atom. The Kier molecular flexibility index (Phi) is 4.71. The molecule has 5 heteroatoms. The van der Waals surface area contributed by atoms with Crippen LogP contribution >= 0.6 is 23.6 Å². The average Bonchev–Trinajstić information content (AvgIpc) is 2.66. The van der Waals surface area contributed by atoms with Crippen molar-refractivity contribution >= 4 is 34.5 Å². The van der Waals surface area contributed by atoms with Gasteiger partial charge in [0.1, 0.15) is 0 Å². The van der Waals surface area contributed by atoms with E-state index in [1.54, 1.807) is 11.3 Å². The number of thiocarbonyl (C=S) groups is 1. The summed E-state index contributed by atoms with van der Waals surface area (Å²) in [5, 5.41) is 4.76. The molecule has 0 spiro atoms. The lowest BCUT2D eigenvalue weighted by Gasteiger charge is -2.14. The van der Waals surface area contributed by atoms with Gasteiger partial charge in [-0.1, -0.05) is 25.2 Å². The summed E-state index contributed by atoms with van der Waals surface area (Å²) in [6.07, 6.45) is 1.13. The first-order valence-electron chi connectivity index (χ1n) is 4.74. The summed E-state index contributed by atoms with van der Waals surface area (Å²) in [5.41, 5.74) is 5.49. The van der Waals surface area contributed by atoms with Gasteiger partial charge in [0.05, 0.1) is 17.5 Å². The van der Waals surface area contributed by atoms with Crippen LogP contribution in [0.3, 0.4) is 0 Å². The van der Waals surface area contributed by atoms with Gasteiger partial charge in [-0.3, -0.25) is 4.79 Å². The molecule has 0 fully saturated rings. The molecule has 0 aliphatic heterocycles. The highest BCUT2D eigenvalue weighted by atomic mass is 32.1. The smallest absolute Gasteiger partial charge is 0.225 e. The van der Waals surface area contributed by atoms with E-state index < -0.39 is 0 Å². The zero-order valence-electron chi connectivity index (χ0n) is 8.53. The molecule has 1 unspecified atom stereocenters. The summed E-state index contributed by atoms with van der Waals surface area (Å²) in [7, 11) is 0. The molecule has 1 heterocycles. The van der Waals surface area contributed by atoms with Crippen LogP contribution < -0.4 is 11.1 Å². The molecule has 1 aromatic rings. The molecule has 0 radical (unpaired) electrons. The highest BCUT2D eigenvalue weighted by Gasteiger charge is 2.13. The summed E-state index contributed by atoms with van der Waals surface area (Å²) >= 11 is 6.42. The molecule has 0 saturated carbocycles. The largest absolute Gasteiger partial charge is 0.392 e. The van der Waals surface area contributed by atoms with Gasteiger partial charge in [0.25, 0.3) is 0 Å². The maximum atomic E-state index is 11.6. The lowest BCUT2D eigenvalue weighted by Crippen LogP contribution is -2.43. The van der Waals surface area contributed by atoms with Crippen molar-refractivity contribution in [3.8, 4) is 0 Å². The highest BCUT2D eigenvalue weighted by molar-refractivity contribution is 7.80. The quantitative estimate of drug-likeness (QED) is 0.769. The fraction of sp³-hybridized carbons (Fsp3) is 0.400. The number of nitrogens with two attached hydrogens (primary N) is 1. The zero-order valence-corrected chi connectivity index (χ0v) is 10.2. The second kappa shape index (κ2) is 5.82. The molecule has 3 nitrogen and oxygen atoms in total. The van der Waals surface area contributed by atoms with Crippen LogP contribution in [0.25, 0.3) is 0 Å². The molecular formula is C10H14N2OS2. The van der Waals surface area contributed by atoms with Crippen LogP contribution in [0.4, 0.5) is 0 Å². The van der Waals surface area contributed by atoms with E-state index >= 15 is 0 Å². The predicted octanol–water partition coefficient (Wildman–Crippen LogP) is 1.47. The second-order valence-electron chi connectivity index (χ2n) is 3.19. The fourth-order valence-corrected chi connectivity index (χ4v) is 2.12. The molecule has 0 aromatic carbocycles. The molecule has 82 valence electrons. The molecule has 3 N–H and O–H groups in total. The predicted molar refractivity (Wildman–Crippen MR) is 67.0 cm³/mol. The lowest BCUT2D eigenvalue weighted by molar-refractivity contribution is -0.120. The Balaban J connectivity index is 2.45. The normalized spacial score (nSPS) is 12.1. The van der Waals surface area contributed by atoms with E-state index in [-0.39, 0.29) is 11.9 Å². The van der Waals surface area contributed by atoms with Crippen molar-refractivity contribution in [2.24, 2.45) is 5.73 Å². The van der Waals surface area contributed by atoms with Gasteiger partial charge in [0.15, 0.2) is 0 Å². The Bertz CT molecular complexity index is 335. The van der Waals surface area contributed by atoms with Crippen molar-refractivity contribution < 1.29 is 4.79 Å². The zero-order chi connectivity index (χ0) is 11.3. The van der Waals surface area contributed by atoms with Crippen molar-refractivity contribution in [1.29, 1.82) is 0 Å². The number of nitrogens with one attached hydrogen (secondary N) is 1. The summed E-state index contributed by atoms with van der Waals surface area (Å²) in [6.45, 7) is 1.94. The van der Waals surface area contributed by atoms with Crippen molar-refractivity contribution in [2.45, 2.75) is 25.8 Å². The third-order valence-electron chi connectivity index (χ3n) is 2.00. The number of rotatable bonds is 5. The van der Waals surface area contributed by atoms with Gasteiger partial charge in [0.2, 0.25) is 5.91 Å². The second-order valence-corrected chi connectivity index (χ2v) is 4.69. The molecule has 1 aromatic heterocycles. The SMILES string of the molecule is CCC(NC(=O)Cc1cccs1)C(N)=S. The van der Waals surface area contributed by atoms with Gasteiger partial charge in [-0.2, -0.15) is 0 Å². The molecule has 0 saturated heterocycles. The third-order valence-corrected chi connectivity index (χ3v) is 3.16. The van der Waals surface area contributed by atoms with Crippen LogP contribution in [-0.4, -0.2) is 16.9 Å². The van der Waals surface area contributed by atoms with Gasteiger partial charge in [-0.05, 0) is 17.9 Å². The molecule has 1 rings (SSSR count). The van der Waals surface area contributed by atoms with Gasteiger partial charge in [-0.25, -0.2) is 0 Å². The Labute approximate surface area is 98.7 Å². The van der Waals surface area contributed by atoms with Gasteiger partial charge < -0.3 is 11.1 Å². The summed E-state index contributed by atoms with van der Waals surface area (Å²) in [6, 6.07) is 3.68. The minimum Gasteiger partial charge on any atom is -0.392 e. The van der Waals surface area contributed by atoms with E-state index in [4.69, 9.17) is 18.0 Å². The molecule has 15 heavy (non-hydrogen) atoms. The van der Waals surface area contributed by atoms with E-state index in [0.717, 1.165) is 11.3 Å². The standard InChI is InChI=1S/C10H14N2OS2/c1-2-8(10(11)14)12-9(13)6-7-4-3-5-15-7/h3-5,8H,2,6H2,1H3,(H2,11,14)(H,12,13). The molecule has 0 aliphatic carbocycles. The highest BCUT2D eigenvalue weighted by Crippen LogP contribution is 2.09. The molecule has 0 aliphatic rings. The average molecular weight is 242 g/mol. The molecular weight excluding hydrogens is 228 g/mol. The van der Waals surface area contributed by atoms with Crippen molar-refractivity contribution in [1.82, 2.24) is 5.32 Å². The Hall–Kier alpha value is -0.940. The van der Waals surface area contributed by atoms with E-state index in [0.29, 0.717) is 11.4 Å². The fourth-order valence-electron chi connectivity index (χ4n) is 1.19. The maximum absolute atomic E-state index is 11.6. The molecule has 0 bridgehead atoms. The number of carbonyl (C=O) groups excluding carboxylic acids is 1. The number of carbonyl (C=O) groups is 1. The molecule has 1 atom stereocenters. The number of hydrogen-bond donors (Lipinski definition) is 2. The third kappa shape index (κ3) is 3.97. The first kappa shape index (κ1) is 12.1. The van der Waals surface area contributed by atoms with Crippen LogP contribution in [-0.2, 0) is 11.2 Å². The maximum Gasteiger partial charge on any atom is 0.225 e. The number of hydrogen-bond acceptors (Lipinski definition) is 3. The summed E-state index contributed by atoms with van der Waals surface area (Å²) in [5.74, 6) is -0.0305. The van der Waals surface area contributed by atoms with E-state index in [2.05, 4.69) is 5.32 Å². The number of amides is 1. The van der Waals surface area contributed by atoms with Crippen LogP contribution in [0.2, 0.25) is 0 Å². The van der Waals surface area contributed by atoms with E-state index in [1.165, 1.54) is 0 Å². The van der Waals surface area contributed by atoms with Crippen molar-refractivity contribution in [3.63, 3.8) is 0 Å². The summed E-state index contributed by atoms with van der Waals surface area (Å²) in [4.78, 5) is 13.0. The van der Waals surface area contributed by atoms with Gasteiger partial charge >= 0.3 is 0 Å². The van der Waals surface area contributed by atoms with Crippen LogP contribution in [0, 0.1) is 0 Å². The van der Waals surface area contributed by atoms with Crippen LogP contribution in [0.1, 0.15) is 18.2 Å². The lowest BCUT2D eigenvalue weighted by atomic mass is 10.2. The molecule has 1 amide bonds. The van der Waals surface area contributed by atoms with Crippen LogP contribution in [0.5, 0.6) is 0 Å². The van der Waals surface area contributed by atoms with Crippen molar-refractivity contribution in [2.75, 3.05) is 0 Å². The monoisotopic (exact) mass is 242 g/mol. The van der Waals surface area contributed by atoms with Crippen LogP contribution in [0.15, 0.2) is 17.5 Å². The van der Waals surface area contributed by atoms with Gasteiger partial charge in [-0.15, -0.1) is 11.3 Å². The summed E-state index contributed by atoms with van der Waals surface area (Å²) < 4.78 is 0. The number of thiophene rings is 1. The first-order chi connectivity index (χ1) is 7.13. The van der Waals surface area contributed by atoms with Gasteiger partial charge in [0, 0.05) is 4.88 Å².